The normalized spacial score (nSPS) is 11.5. The summed E-state index contributed by atoms with van der Waals surface area (Å²) in [5.41, 5.74) is 8.99. The predicted molar refractivity (Wildman–Crippen MR) is 94.4 cm³/mol. The van der Waals surface area contributed by atoms with Gasteiger partial charge in [0.15, 0.2) is 10.8 Å². The van der Waals surface area contributed by atoms with Gasteiger partial charge < -0.3 is 5.73 Å². The van der Waals surface area contributed by atoms with Gasteiger partial charge in [0.25, 0.3) is 5.91 Å². The van der Waals surface area contributed by atoms with Crippen molar-refractivity contribution in [1.29, 1.82) is 0 Å². The van der Waals surface area contributed by atoms with Crippen LogP contribution in [0, 0.1) is 5.82 Å². The zero-order valence-electron chi connectivity index (χ0n) is 12.4. The van der Waals surface area contributed by atoms with E-state index < -0.39 is 5.91 Å². The number of anilines is 1. The van der Waals surface area contributed by atoms with Crippen molar-refractivity contribution in [3.8, 4) is 0 Å². The van der Waals surface area contributed by atoms with Gasteiger partial charge in [0.1, 0.15) is 10.8 Å². The van der Waals surface area contributed by atoms with Crippen LogP contribution >= 0.6 is 34.8 Å². The Morgan fingerprint density at radius 2 is 1.88 bits per heavy atom. The molecule has 3 N–H and O–H groups in total. The third-order valence-corrected chi connectivity index (χ3v) is 4.23. The van der Waals surface area contributed by atoms with Gasteiger partial charge in [-0.3, -0.25) is 4.79 Å². The van der Waals surface area contributed by atoms with E-state index in [1.807, 2.05) is 6.92 Å². The number of hydrogen-bond acceptors (Lipinski definition) is 4. The van der Waals surface area contributed by atoms with Gasteiger partial charge in [-0.05, 0) is 24.1 Å². The molecule has 2 rings (SSSR count). The summed E-state index contributed by atoms with van der Waals surface area (Å²) in [6.07, 6.45) is 0.511. The van der Waals surface area contributed by atoms with Crippen LogP contribution in [0.1, 0.15) is 29.4 Å². The van der Waals surface area contributed by atoms with Crippen LogP contribution in [-0.4, -0.2) is 16.6 Å². The average Bonchev–Trinajstić information content (AvgIpc) is 2.58. The first-order valence-corrected chi connectivity index (χ1v) is 7.91. The van der Waals surface area contributed by atoms with Crippen molar-refractivity contribution in [2.75, 3.05) is 5.73 Å². The average molecular weight is 390 g/mol. The number of nitrogens with zero attached hydrogens (tertiary/aromatic N) is 2. The number of pyridine rings is 1. The van der Waals surface area contributed by atoms with E-state index in [1.165, 1.54) is 12.1 Å². The van der Waals surface area contributed by atoms with Crippen LogP contribution in [0.25, 0.3) is 0 Å². The number of nitrogen functional groups attached to an aromatic ring is 1. The highest BCUT2D eigenvalue weighted by molar-refractivity contribution is 6.46. The molecule has 5 nitrogen and oxygen atoms in total. The van der Waals surface area contributed by atoms with Gasteiger partial charge in [-0.2, -0.15) is 5.10 Å². The summed E-state index contributed by atoms with van der Waals surface area (Å²) in [4.78, 5) is 16.0. The number of nitrogens with one attached hydrogen (secondary N) is 1. The van der Waals surface area contributed by atoms with Crippen LogP contribution in [0.15, 0.2) is 29.4 Å². The molecule has 2 aromatic rings. The second kappa shape index (κ2) is 7.79. The maximum Gasteiger partial charge on any atom is 0.291 e. The van der Waals surface area contributed by atoms with Crippen LogP contribution in [0.3, 0.4) is 0 Å². The Morgan fingerprint density at radius 3 is 2.46 bits per heavy atom. The van der Waals surface area contributed by atoms with Crippen molar-refractivity contribution in [1.82, 2.24) is 10.4 Å². The predicted octanol–water partition coefficient (Wildman–Crippen LogP) is 4.31. The number of rotatable bonds is 4. The monoisotopic (exact) mass is 388 g/mol. The third kappa shape index (κ3) is 3.95. The summed E-state index contributed by atoms with van der Waals surface area (Å²) >= 11 is 17.6. The molecule has 0 saturated heterocycles. The molecule has 1 heterocycles. The molecule has 0 aliphatic rings. The number of hydrogen-bond donors (Lipinski definition) is 2. The second-order valence-electron chi connectivity index (χ2n) is 4.65. The number of benzene rings is 1. The topological polar surface area (TPSA) is 80.4 Å². The number of amides is 1. The van der Waals surface area contributed by atoms with E-state index in [4.69, 9.17) is 40.5 Å². The van der Waals surface area contributed by atoms with Gasteiger partial charge in [0, 0.05) is 0 Å². The lowest BCUT2D eigenvalue weighted by Crippen LogP contribution is -2.22. The van der Waals surface area contributed by atoms with E-state index in [2.05, 4.69) is 15.5 Å². The highest BCUT2D eigenvalue weighted by Gasteiger charge is 2.19. The first-order valence-electron chi connectivity index (χ1n) is 6.78. The van der Waals surface area contributed by atoms with E-state index in [0.717, 1.165) is 0 Å². The fourth-order valence-corrected chi connectivity index (χ4v) is 2.44. The third-order valence-electron chi connectivity index (χ3n) is 3.09. The molecule has 0 aliphatic carbocycles. The van der Waals surface area contributed by atoms with E-state index >= 15 is 0 Å². The maximum absolute atomic E-state index is 13.0. The Kier molecular flexibility index (Phi) is 5.99. The van der Waals surface area contributed by atoms with E-state index in [-0.39, 0.29) is 32.4 Å². The maximum atomic E-state index is 13.0. The summed E-state index contributed by atoms with van der Waals surface area (Å²) in [5, 5.41) is 3.74. The van der Waals surface area contributed by atoms with Crippen LogP contribution in [-0.2, 0) is 0 Å². The molecule has 1 aromatic carbocycles. The Morgan fingerprint density at radius 1 is 1.25 bits per heavy atom. The number of carbonyl (C=O) groups excluding carboxylic acids is 1. The van der Waals surface area contributed by atoms with E-state index in [0.29, 0.717) is 17.7 Å². The second-order valence-corrected chi connectivity index (χ2v) is 5.77. The van der Waals surface area contributed by atoms with E-state index in [1.54, 1.807) is 12.1 Å². The number of nitrogens with two attached hydrogens (primary N) is 1. The fourth-order valence-electron chi connectivity index (χ4n) is 1.84. The lowest BCUT2D eigenvalue weighted by molar-refractivity contribution is 0.0950. The minimum absolute atomic E-state index is 0.0257. The molecule has 0 aliphatic heterocycles. The van der Waals surface area contributed by atoms with Crippen molar-refractivity contribution >= 4 is 52.1 Å². The van der Waals surface area contributed by atoms with Gasteiger partial charge >= 0.3 is 0 Å². The van der Waals surface area contributed by atoms with Crippen LogP contribution in [0.2, 0.25) is 15.2 Å². The standard InChI is InChI=1S/C15H12Cl3FN4O/c1-2-9(7-3-5-8(19)6-4-7)22-23-15(24)13-10(16)12(20)11(17)14(18)21-13/h3-6H,2H2,1H3,(H2,20,21)(H,23,24)/b22-9+. The molecule has 0 bridgehead atoms. The molecule has 1 aromatic heterocycles. The number of halogens is 4. The highest BCUT2D eigenvalue weighted by Crippen LogP contribution is 2.34. The van der Waals surface area contributed by atoms with Crippen molar-refractivity contribution in [2.45, 2.75) is 13.3 Å². The zero-order valence-corrected chi connectivity index (χ0v) is 14.7. The first-order chi connectivity index (χ1) is 11.3. The molecule has 24 heavy (non-hydrogen) atoms. The van der Waals surface area contributed by atoms with Crippen LogP contribution in [0.5, 0.6) is 0 Å². The number of carbonyl (C=O) groups is 1. The van der Waals surface area contributed by atoms with E-state index in [9.17, 15) is 9.18 Å². The smallest absolute Gasteiger partial charge is 0.291 e. The molecule has 0 unspecified atom stereocenters. The van der Waals surface area contributed by atoms with Gasteiger partial charge in [-0.25, -0.2) is 14.8 Å². The largest absolute Gasteiger partial charge is 0.396 e. The minimum atomic E-state index is -0.696. The SMILES string of the molecule is CC/C(=N\NC(=O)c1nc(Cl)c(Cl)c(N)c1Cl)c1ccc(F)cc1. The molecule has 0 atom stereocenters. The van der Waals surface area contributed by atoms with Gasteiger partial charge in [0.2, 0.25) is 0 Å². The van der Waals surface area contributed by atoms with Gasteiger partial charge in [0.05, 0.1) is 16.4 Å². The first kappa shape index (κ1) is 18.4. The molecule has 0 spiro atoms. The molecular weight excluding hydrogens is 378 g/mol. The summed E-state index contributed by atoms with van der Waals surface area (Å²) in [6, 6.07) is 5.74. The Hall–Kier alpha value is -1.89. The summed E-state index contributed by atoms with van der Waals surface area (Å²) in [5.74, 6) is -1.06. The Labute approximate surface area is 152 Å². The Bertz CT molecular complexity index is 809. The molecular formula is C15H12Cl3FN4O. The Balaban J connectivity index is 2.27. The van der Waals surface area contributed by atoms with Crippen molar-refractivity contribution in [2.24, 2.45) is 5.10 Å². The minimum Gasteiger partial charge on any atom is -0.396 e. The lowest BCUT2D eigenvalue weighted by Gasteiger charge is -2.09. The quantitative estimate of drug-likeness (QED) is 0.464. The molecule has 0 fully saturated rings. The lowest BCUT2D eigenvalue weighted by atomic mass is 10.1. The summed E-state index contributed by atoms with van der Waals surface area (Å²) < 4.78 is 13.0. The van der Waals surface area contributed by atoms with Gasteiger partial charge in [-0.15, -0.1) is 0 Å². The van der Waals surface area contributed by atoms with Crippen molar-refractivity contribution < 1.29 is 9.18 Å². The molecule has 1 amide bonds. The molecule has 0 saturated carbocycles. The number of aromatic nitrogens is 1. The molecule has 126 valence electrons. The summed E-state index contributed by atoms with van der Waals surface area (Å²) in [7, 11) is 0. The number of hydrazone groups is 1. The van der Waals surface area contributed by atoms with Crippen LogP contribution < -0.4 is 11.2 Å². The van der Waals surface area contributed by atoms with Crippen molar-refractivity contribution in [3.63, 3.8) is 0 Å². The van der Waals surface area contributed by atoms with Gasteiger partial charge in [-0.1, -0.05) is 53.9 Å². The molecule has 0 radical (unpaired) electrons. The highest BCUT2D eigenvalue weighted by atomic mass is 35.5. The fraction of sp³-hybridized carbons (Fsp3) is 0.133. The van der Waals surface area contributed by atoms with Crippen LogP contribution in [0.4, 0.5) is 10.1 Å². The zero-order chi connectivity index (χ0) is 17.9. The molecule has 9 heteroatoms. The van der Waals surface area contributed by atoms with Crippen molar-refractivity contribution in [3.05, 3.63) is 56.5 Å². The summed E-state index contributed by atoms with van der Waals surface area (Å²) in [6.45, 7) is 1.84.